The monoisotopic (exact) mass is 372 g/mol. The molecule has 1 amide bonds. The van der Waals surface area contributed by atoms with Gasteiger partial charge in [-0.15, -0.1) is 0 Å². The van der Waals surface area contributed by atoms with Gasteiger partial charge in [0.25, 0.3) is 5.91 Å². The van der Waals surface area contributed by atoms with Gasteiger partial charge < -0.3 is 14.6 Å². The van der Waals surface area contributed by atoms with E-state index in [0.717, 1.165) is 23.0 Å². The van der Waals surface area contributed by atoms with E-state index in [-0.39, 0.29) is 11.5 Å². The van der Waals surface area contributed by atoms with Crippen molar-refractivity contribution in [2.75, 3.05) is 18.6 Å². The third kappa shape index (κ3) is 2.94. The summed E-state index contributed by atoms with van der Waals surface area (Å²) in [6.45, 7) is 0.701. The van der Waals surface area contributed by atoms with Crippen LogP contribution in [0, 0.1) is 0 Å². The van der Waals surface area contributed by atoms with Gasteiger partial charge >= 0.3 is 0 Å². The average molecular weight is 372 g/mol. The molecular weight excluding hydrogens is 348 g/mol. The smallest absolute Gasteiger partial charge is 0.274 e. The van der Waals surface area contributed by atoms with Crippen LogP contribution in [-0.4, -0.2) is 30.1 Å². The van der Waals surface area contributed by atoms with Gasteiger partial charge in [0, 0.05) is 30.1 Å². The molecule has 0 radical (unpaired) electrons. The zero-order valence-electron chi connectivity index (χ0n) is 16.1. The largest absolute Gasteiger partial charge is 0.371 e. The highest BCUT2D eigenvalue weighted by atomic mass is 16.5. The van der Waals surface area contributed by atoms with Crippen LogP contribution in [-0.2, 0) is 4.74 Å². The van der Waals surface area contributed by atoms with Crippen molar-refractivity contribution in [3.8, 4) is 0 Å². The van der Waals surface area contributed by atoms with E-state index < -0.39 is 0 Å². The Bertz CT molecular complexity index is 1060. The van der Waals surface area contributed by atoms with E-state index in [1.54, 1.807) is 11.9 Å². The number of carbonyl (C=O) groups is 1. The lowest BCUT2D eigenvalue weighted by atomic mass is 9.73. The number of fused-ring (bicyclic) bond motifs is 1. The molecule has 28 heavy (non-hydrogen) atoms. The van der Waals surface area contributed by atoms with Gasteiger partial charge in [-0.1, -0.05) is 30.3 Å². The molecule has 4 nitrogen and oxygen atoms in total. The molecule has 142 valence electrons. The molecule has 2 heterocycles. The number of carbonyl (C=O) groups excluding carboxylic acids is 1. The lowest BCUT2D eigenvalue weighted by molar-refractivity contribution is -0.0892. The Morgan fingerprint density at radius 3 is 2.68 bits per heavy atom. The van der Waals surface area contributed by atoms with E-state index in [9.17, 15) is 4.79 Å². The van der Waals surface area contributed by atoms with E-state index in [4.69, 9.17) is 4.74 Å². The summed E-state index contributed by atoms with van der Waals surface area (Å²) in [6.07, 6.45) is 6.80. The molecule has 1 aliphatic carbocycles. The summed E-state index contributed by atoms with van der Waals surface area (Å²) in [5.41, 5.74) is 5.15. The third-order valence-corrected chi connectivity index (χ3v) is 6.17. The van der Waals surface area contributed by atoms with Crippen molar-refractivity contribution in [3.05, 3.63) is 71.9 Å². The standard InChI is InChI=1S/C24H24N2O2/c1-26(20-6-3-2-4-7-20)23(27)22-15-19-14-17(8-9-21(19)25-22)18-10-13-28-24(16-18)11-5-12-24/h2-4,6-10,14-15,25H,5,11-13,16H2,1H3. The molecule has 5 rings (SSSR count). The predicted octanol–water partition coefficient (Wildman–Crippen LogP) is 5.17. The van der Waals surface area contributed by atoms with Crippen molar-refractivity contribution < 1.29 is 9.53 Å². The number of nitrogens with one attached hydrogen (secondary N) is 1. The Morgan fingerprint density at radius 1 is 1.11 bits per heavy atom. The van der Waals surface area contributed by atoms with Crippen LogP contribution in [0.25, 0.3) is 16.5 Å². The highest BCUT2D eigenvalue weighted by molar-refractivity contribution is 6.07. The van der Waals surface area contributed by atoms with Crippen molar-refractivity contribution in [2.24, 2.45) is 0 Å². The predicted molar refractivity (Wildman–Crippen MR) is 113 cm³/mol. The first kappa shape index (κ1) is 17.3. The first-order chi connectivity index (χ1) is 13.6. The van der Waals surface area contributed by atoms with Gasteiger partial charge in [0.2, 0.25) is 0 Å². The fourth-order valence-electron chi connectivity index (χ4n) is 4.30. The lowest BCUT2D eigenvalue weighted by Gasteiger charge is -2.44. The van der Waals surface area contributed by atoms with Crippen LogP contribution in [0.1, 0.15) is 41.7 Å². The SMILES string of the molecule is CN(C(=O)c1cc2cc(C3=CCOC4(CCC4)C3)ccc2[nH]1)c1ccccc1. The molecule has 2 aliphatic rings. The number of para-hydroxylation sites is 1. The van der Waals surface area contributed by atoms with Crippen LogP contribution in [0.5, 0.6) is 0 Å². The van der Waals surface area contributed by atoms with Gasteiger partial charge in [0.15, 0.2) is 0 Å². The Balaban J connectivity index is 1.42. The number of rotatable bonds is 3. The molecule has 1 aromatic heterocycles. The normalized spacial score (nSPS) is 18.0. The molecule has 0 atom stereocenters. The zero-order chi connectivity index (χ0) is 19.1. The minimum atomic E-state index is -0.0392. The summed E-state index contributed by atoms with van der Waals surface area (Å²) >= 11 is 0. The lowest BCUT2D eigenvalue weighted by Crippen LogP contribution is -2.42. The number of anilines is 1. The van der Waals surface area contributed by atoms with Crippen molar-refractivity contribution in [2.45, 2.75) is 31.3 Å². The van der Waals surface area contributed by atoms with E-state index >= 15 is 0 Å². The summed E-state index contributed by atoms with van der Waals surface area (Å²) in [7, 11) is 1.81. The maximum atomic E-state index is 12.9. The number of ether oxygens (including phenoxy) is 1. The second-order valence-corrected chi connectivity index (χ2v) is 7.94. The topological polar surface area (TPSA) is 45.3 Å². The summed E-state index contributed by atoms with van der Waals surface area (Å²) < 4.78 is 6.01. The molecule has 0 unspecified atom stereocenters. The van der Waals surface area contributed by atoms with Gasteiger partial charge in [0.1, 0.15) is 5.69 Å². The van der Waals surface area contributed by atoms with E-state index in [2.05, 4.69) is 29.3 Å². The molecule has 0 saturated heterocycles. The highest BCUT2D eigenvalue weighted by Gasteiger charge is 2.40. The van der Waals surface area contributed by atoms with Crippen LogP contribution < -0.4 is 4.90 Å². The van der Waals surface area contributed by atoms with Crippen LogP contribution in [0.3, 0.4) is 0 Å². The number of hydrogen-bond acceptors (Lipinski definition) is 2. The number of nitrogens with zero attached hydrogens (tertiary/aromatic N) is 1. The minimum Gasteiger partial charge on any atom is -0.371 e. The molecule has 1 spiro atoms. The van der Waals surface area contributed by atoms with Gasteiger partial charge in [0.05, 0.1) is 12.2 Å². The maximum absolute atomic E-state index is 12.9. The first-order valence-electron chi connectivity index (χ1n) is 9.93. The van der Waals surface area contributed by atoms with Gasteiger partial charge in [-0.05, 0) is 60.7 Å². The fourth-order valence-corrected chi connectivity index (χ4v) is 4.30. The average Bonchev–Trinajstić information content (AvgIpc) is 3.15. The van der Waals surface area contributed by atoms with Gasteiger partial charge in [-0.2, -0.15) is 0 Å². The molecular formula is C24H24N2O2. The van der Waals surface area contributed by atoms with E-state index in [1.165, 1.54) is 30.4 Å². The van der Waals surface area contributed by atoms with Crippen LogP contribution in [0.4, 0.5) is 5.69 Å². The molecule has 1 N–H and O–H groups in total. The number of aromatic nitrogens is 1. The second-order valence-electron chi connectivity index (χ2n) is 7.94. The van der Waals surface area contributed by atoms with Crippen molar-refractivity contribution in [1.82, 2.24) is 4.98 Å². The van der Waals surface area contributed by atoms with Crippen LogP contribution in [0.15, 0.2) is 60.7 Å². The van der Waals surface area contributed by atoms with Crippen molar-refractivity contribution in [1.29, 1.82) is 0 Å². The highest BCUT2D eigenvalue weighted by Crippen LogP contribution is 2.45. The molecule has 1 saturated carbocycles. The van der Waals surface area contributed by atoms with Crippen LogP contribution in [0.2, 0.25) is 0 Å². The third-order valence-electron chi connectivity index (χ3n) is 6.17. The second kappa shape index (κ2) is 6.64. The quantitative estimate of drug-likeness (QED) is 0.689. The Hall–Kier alpha value is -2.85. The first-order valence-corrected chi connectivity index (χ1v) is 9.93. The summed E-state index contributed by atoms with van der Waals surface area (Å²) in [5, 5.41) is 1.07. The van der Waals surface area contributed by atoms with Gasteiger partial charge in [-0.25, -0.2) is 0 Å². The molecule has 3 aromatic rings. The minimum absolute atomic E-state index is 0.0392. The Labute approximate surface area is 164 Å². The number of benzene rings is 2. The van der Waals surface area contributed by atoms with E-state index in [0.29, 0.717) is 12.3 Å². The number of amides is 1. The van der Waals surface area contributed by atoms with Crippen molar-refractivity contribution in [3.63, 3.8) is 0 Å². The van der Waals surface area contributed by atoms with Crippen LogP contribution >= 0.6 is 0 Å². The summed E-state index contributed by atoms with van der Waals surface area (Å²) in [5.74, 6) is -0.0392. The molecule has 2 aromatic carbocycles. The molecule has 1 fully saturated rings. The summed E-state index contributed by atoms with van der Waals surface area (Å²) in [6, 6.07) is 18.1. The number of H-pyrrole nitrogens is 1. The maximum Gasteiger partial charge on any atom is 0.274 e. The number of aromatic amines is 1. The zero-order valence-corrected chi connectivity index (χ0v) is 16.1. The van der Waals surface area contributed by atoms with Crippen molar-refractivity contribution >= 4 is 28.1 Å². The molecule has 0 bridgehead atoms. The molecule has 4 heteroatoms. The summed E-state index contributed by atoms with van der Waals surface area (Å²) in [4.78, 5) is 17.9. The Morgan fingerprint density at radius 2 is 1.93 bits per heavy atom. The Kier molecular flexibility index (Phi) is 4.09. The number of hydrogen-bond donors (Lipinski definition) is 1. The molecule has 1 aliphatic heterocycles. The van der Waals surface area contributed by atoms with E-state index in [1.807, 2.05) is 36.4 Å². The fraction of sp³-hybridized carbons (Fsp3) is 0.292. The van der Waals surface area contributed by atoms with Gasteiger partial charge in [-0.3, -0.25) is 4.79 Å².